The topological polar surface area (TPSA) is 8.17 Å². The van der Waals surface area contributed by atoms with Gasteiger partial charge in [-0.2, -0.15) is 0 Å². The zero-order valence-corrected chi connectivity index (χ0v) is 21.8. The highest BCUT2D eigenvalue weighted by molar-refractivity contribution is 6.19. The van der Waals surface area contributed by atoms with Gasteiger partial charge in [0.05, 0.1) is 22.4 Å². The van der Waals surface area contributed by atoms with Crippen molar-refractivity contribution >= 4 is 60.4 Å². The van der Waals surface area contributed by atoms with E-state index in [9.17, 15) is 0 Å². The summed E-state index contributed by atoms with van der Waals surface area (Å²) in [6.45, 7) is 0. The largest absolute Gasteiger partial charge is 0.309 e. The van der Waals surface area contributed by atoms with Crippen LogP contribution in [0.15, 0.2) is 146 Å². The highest BCUT2D eigenvalue weighted by Crippen LogP contribution is 2.53. The van der Waals surface area contributed by atoms with Crippen molar-refractivity contribution in [3.8, 4) is 16.8 Å². The second kappa shape index (κ2) is 8.08. The van der Waals surface area contributed by atoms with Crippen molar-refractivity contribution in [3.63, 3.8) is 0 Å². The predicted octanol–water partition coefficient (Wildman–Crippen LogP) is 10.5. The third kappa shape index (κ3) is 2.88. The van der Waals surface area contributed by atoms with E-state index in [0.29, 0.717) is 0 Å². The number of nitrogens with zero attached hydrogens (tertiary/aromatic N) is 2. The average molecular weight is 509 g/mol. The third-order valence-electron chi connectivity index (χ3n) is 8.49. The van der Waals surface area contributed by atoms with Gasteiger partial charge in [0, 0.05) is 33.1 Å². The third-order valence-corrected chi connectivity index (χ3v) is 8.49. The minimum atomic E-state index is 1.16. The number of hydrogen-bond acceptors (Lipinski definition) is 1. The molecule has 0 radical (unpaired) electrons. The lowest BCUT2D eigenvalue weighted by molar-refractivity contribution is 1.17. The first kappa shape index (κ1) is 21.6. The molecule has 0 aliphatic carbocycles. The standard InChI is InChI=1S/C38H24N2/c1-2-12-29-25(9-1)19-24-36-38(29)32-15-7-10-26-11-8-18-35(37(26)32)40(36)28-22-20-27(21-23-28)39-33-16-5-3-13-30(33)31-14-4-6-17-34(31)39/h1-24H. The van der Waals surface area contributed by atoms with Crippen LogP contribution in [0.2, 0.25) is 0 Å². The van der Waals surface area contributed by atoms with Crippen molar-refractivity contribution in [2.24, 2.45) is 0 Å². The van der Waals surface area contributed by atoms with Gasteiger partial charge in [-0.05, 0) is 70.3 Å². The summed E-state index contributed by atoms with van der Waals surface area (Å²) >= 11 is 0. The second-order valence-corrected chi connectivity index (χ2v) is 10.6. The molecule has 1 aliphatic heterocycles. The van der Waals surface area contributed by atoms with E-state index in [4.69, 9.17) is 0 Å². The molecule has 2 heteroatoms. The van der Waals surface area contributed by atoms with Gasteiger partial charge in [-0.15, -0.1) is 0 Å². The van der Waals surface area contributed by atoms with Gasteiger partial charge >= 0.3 is 0 Å². The highest BCUT2D eigenvalue weighted by atomic mass is 15.2. The molecule has 0 bridgehead atoms. The molecule has 0 saturated heterocycles. The molecule has 1 aliphatic rings. The number of fused-ring (bicyclic) bond motifs is 7. The fourth-order valence-electron chi connectivity index (χ4n) is 6.80. The van der Waals surface area contributed by atoms with E-state index in [0.717, 1.165) is 11.4 Å². The smallest absolute Gasteiger partial charge is 0.0547 e. The summed E-state index contributed by atoms with van der Waals surface area (Å²) in [5.74, 6) is 0. The number of anilines is 3. The van der Waals surface area contributed by atoms with Crippen molar-refractivity contribution < 1.29 is 0 Å². The van der Waals surface area contributed by atoms with Gasteiger partial charge in [-0.3, -0.25) is 0 Å². The van der Waals surface area contributed by atoms with E-state index in [1.165, 1.54) is 65.9 Å². The van der Waals surface area contributed by atoms with E-state index >= 15 is 0 Å². The molecule has 1 aromatic heterocycles. The first-order chi connectivity index (χ1) is 19.9. The van der Waals surface area contributed by atoms with Crippen LogP contribution in [0.25, 0.3) is 60.2 Å². The molecule has 2 heterocycles. The molecule has 2 nitrogen and oxygen atoms in total. The molecule has 0 saturated carbocycles. The molecule has 0 amide bonds. The molecule has 7 aromatic carbocycles. The molecular formula is C38H24N2. The van der Waals surface area contributed by atoms with Crippen LogP contribution in [0.5, 0.6) is 0 Å². The summed E-state index contributed by atoms with van der Waals surface area (Å²) in [6, 6.07) is 53.0. The Morgan fingerprint density at radius 3 is 1.73 bits per heavy atom. The monoisotopic (exact) mass is 508 g/mol. The second-order valence-electron chi connectivity index (χ2n) is 10.6. The van der Waals surface area contributed by atoms with Gasteiger partial charge in [-0.1, -0.05) is 97.1 Å². The summed E-state index contributed by atoms with van der Waals surface area (Å²) in [6.07, 6.45) is 0. The van der Waals surface area contributed by atoms with Gasteiger partial charge in [0.2, 0.25) is 0 Å². The van der Waals surface area contributed by atoms with Crippen molar-refractivity contribution in [3.05, 3.63) is 146 Å². The van der Waals surface area contributed by atoms with Crippen LogP contribution in [-0.2, 0) is 0 Å². The molecule has 9 rings (SSSR count). The van der Waals surface area contributed by atoms with E-state index in [1.807, 2.05) is 0 Å². The maximum absolute atomic E-state index is 2.44. The molecule has 0 atom stereocenters. The Hall–Kier alpha value is -5.34. The Balaban J connectivity index is 1.29. The first-order valence-electron chi connectivity index (χ1n) is 13.8. The van der Waals surface area contributed by atoms with E-state index in [2.05, 4.69) is 155 Å². The van der Waals surface area contributed by atoms with Crippen LogP contribution in [0.1, 0.15) is 0 Å². The number of benzene rings is 7. The van der Waals surface area contributed by atoms with Crippen molar-refractivity contribution in [1.82, 2.24) is 4.57 Å². The Kier molecular flexibility index (Phi) is 4.36. The fraction of sp³-hybridized carbons (Fsp3) is 0. The van der Waals surface area contributed by atoms with E-state index < -0.39 is 0 Å². The lowest BCUT2D eigenvalue weighted by Gasteiger charge is -2.34. The molecule has 40 heavy (non-hydrogen) atoms. The zero-order valence-electron chi connectivity index (χ0n) is 21.8. The van der Waals surface area contributed by atoms with Crippen molar-refractivity contribution in [2.45, 2.75) is 0 Å². The Bertz CT molecular complexity index is 2210. The summed E-state index contributed by atoms with van der Waals surface area (Å²) < 4.78 is 2.38. The Morgan fingerprint density at radius 2 is 0.975 bits per heavy atom. The van der Waals surface area contributed by atoms with Crippen LogP contribution in [0, 0.1) is 0 Å². The molecule has 0 spiro atoms. The summed E-state index contributed by atoms with van der Waals surface area (Å²) in [7, 11) is 0. The minimum Gasteiger partial charge on any atom is -0.309 e. The van der Waals surface area contributed by atoms with Crippen molar-refractivity contribution in [1.29, 1.82) is 0 Å². The van der Waals surface area contributed by atoms with Crippen LogP contribution in [0.4, 0.5) is 17.1 Å². The zero-order chi connectivity index (χ0) is 26.2. The number of para-hydroxylation sites is 2. The molecule has 0 unspecified atom stereocenters. The van der Waals surface area contributed by atoms with Gasteiger partial charge in [0.25, 0.3) is 0 Å². The SMILES string of the molecule is c1ccc2c3c(ccc2c1)N(c1ccc(-n2c4ccccc4c4ccccc42)cc1)c1cccc2cccc-3c12. The lowest BCUT2D eigenvalue weighted by Crippen LogP contribution is -2.15. The fourth-order valence-corrected chi connectivity index (χ4v) is 6.80. The van der Waals surface area contributed by atoms with E-state index in [-0.39, 0.29) is 0 Å². The molecule has 0 N–H and O–H groups in total. The van der Waals surface area contributed by atoms with Gasteiger partial charge in [-0.25, -0.2) is 0 Å². The van der Waals surface area contributed by atoms with Crippen LogP contribution < -0.4 is 4.90 Å². The van der Waals surface area contributed by atoms with Crippen molar-refractivity contribution in [2.75, 3.05) is 4.90 Å². The maximum Gasteiger partial charge on any atom is 0.0547 e. The predicted molar refractivity (Wildman–Crippen MR) is 169 cm³/mol. The van der Waals surface area contributed by atoms with Gasteiger partial charge in [0.15, 0.2) is 0 Å². The Morgan fingerprint density at radius 1 is 0.375 bits per heavy atom. The van der Waals surface area contributed by atoms with Gasteiger partial charge in [0.1, 0.15) is 0 Å². The molecule has 8 aromatic rings. The van der Waals surface area contributed by atoms with Crippen LogP contribution in [0.3, 0.4) is 0 Å². The minimum absolute atomic E-state index is 1.16. The number of hydrogen-bond donors (Lipinski definition) is 0. The summed E-state index contributed by atoms with van der Waals surface area (Å²) in [5, 5.41) is 7.68. The molecule has 186 valence electrons. The summed E-state index contributed by atoms with van der Waals surface area (Å²) in [4.78, 5) is 2.44. The quantitative estimate of drug-likeness (QED) is 0.225. The van der Waals surface area contributed by atoms with Crippen LogP contribution in [-0.4, -0.2) is 4.57 Å². The lowest BCUT2D eigenvalue weighted by atomic mass is 9.87. The number of rotatable bonds is 2. The molecular weight excluding hydrogens is 484 g/mol. The summed E-state index contributed by atoms with van der Waals surface area (Å²) in [5.41, 5.74) is 9.82. The normalized spacial score (nSPS) is 12.4. The molecule has 0 fully saturated rings. The van der Waals surface area contributed by atoms with Crippen LogP contribution >= 0.6 is 0 Å². The van der Waals surface area contributed by atoms with Gasteiger partial charge < -0.3 is 9.47 Å². The first-order valence-corrected chi connectivity index (χ1v) is 13.8. The highest BCUT2D eigenvalue weighted by Gasteiger charge is 2.27. The maximum atomic E-state index is 2.44. The average Bonchev–Trinajstić information content (AvgIpc) is 3.36. The Labute approximate surface area is 232 Å². The number of aromatic nitrogens is 1. The van der Waals surface area contributed by atoms with E-state index in [1.54, 1.807) is 0 Å².